The normalized spacial score (nSPS) is 15.8. The standard InChI is InChI=1S/C22H24N4/c1-4-25(19-10-7-8-16(2)14-19)21-12-13-23-22(24-21)26-17(3)15-18-9-5-6-11-20(18)26/h5-14,17H,4,15H2,1-3H3. The third-order valence-electron chi connectivity index (χ3n) is 4.96. The number of rotatable bonds is 4. The predicted molar refractivity (Wildman–Crippen MR) is 108 cm³/mol. The van der Waals surface area contributed by atoms with E-state index in [-0.39, 0.29) is 0 Å². The van der Waals surface area contributed by atoms with Gasteiger partial charge in [0.15, 0.2) is 0 Å². The average molecular weight is 344 g/mol. The van der Waals surface area contributed by atoms with Gasteiger partial charge in [0.25, 0.3) is 0 Å². The fraction of sp³-hybridized carbons (Fsp3) is 0.273. The molecular weight excluding hydrogens is 320 g/mol. The second kappa shape index (κ2) is 6.79. The first-order valence-electron chi connectivity index (χ1n) is 9.21. The second-order valence-corrected chi connectivity index (χ2v) is 6.85. The summed E-state index contributed by atoms with van der Waals surface area (Å²) in [6.45, 7) is 7.35. The van der Waals surface area contributed by atoms with Gasteiger partial charge in [-0.3, -0.25) is 0 Å². The van der Waals surface area contributed by atoms with Crippen LogP contribution in [-0.2, 0) is 6.42 Å². The zero-order valence-corrected chi connectivity index (χ0v) is 15.6. The Morgan fingerprint density at radius 2 is 1.96 bits per heavy atom. The largest absolute Gasteiger partial charge is 0.326 e. The van der Waals surface area contributed by atoms with E-state index in [1.54, 1.807) is 0 Å². The molecule has 0 bridgehead atoms. The summed E-state index contributed by atoms with van der Waals surface area (Å²) in [6.07, 6.45) is 2.89. The van der Waals surface area contributed by atoms with E-state index in [0.717, 1.165) is 30.4 Å². The van der Waals surface area contributed by atoms with Gasteiger partial charge < -0.3 is 9.80 Å². The Morgan fingerprint density at radius 3 is 2.77 bits per heavy atom. The first-order chi connectivity index (χ1) is 12.7. The van der Waals surface area contributed by atoms with Gasteiger partial charge in [-0.1, -0.05) is 30.3 Å². The van der Waals surface area contributed by atoms with Crippen LogP contribution < -0.4 is 9.80 Å². The molecule has 0 amide bonds. The van der Waals surface area contributed by atoms with Crippen molar-refractivity contribution in [2.45, 2.75) is 33.2 Å². The van der Waals surface area contributed by atoms with Crippen molar-refractivity contribution in [2.24, 2.45) is 0 Å². The molecule has 0 spiro atoms. The number of para-hydroxylation sites is 1. The van der Waals surface area contributed by atoms with Crippen LogP contribution in [0.1, 0.15) is 25.0 Å². The van der Waals surface area contributed by atoms with Crippen molar-refractivity contribution in [2.75, 3.05) is 16.3 Å². The van der Waals surface area contributed by atoms with Crippen LogP contribution >= 0.6 is 0 Å². The quantitative estimate of drug-likeness (QED) is 0.665. The summed E-state index contributed by atoms with van der Waals surface area (Å²) >= 11 is 0. The molecule has 2 aromatic carbocycles. The van der Waals surface area contributed by atoms with Gasteiger partial charge >= 0.3 is 0 Å². The lowest BCUT2D eigenvalue weighted by molar-refractivity contribution is 0.738. The van der Waals surface area contributed by atoms with Crippen LogP contribution in [0.5, 0.6) is 0 Å². The van der Waals surface area contributed by atoms with Gasteiger partial charge in [-0.2, -0.15) is 4.98 Å². The van der Waals surface area contributed by atoms with Gasteiger partial charge in [-0.05, 0) is 62.6 Å². The molecule has 1 aromatic heterocycles. The molecule has 0 N–H and O–H groups in total. The molecule has 0 saturated heterocycles. The number of hydrogen-bond donors (Lipinski definition) is 0. The number of fused-ring (bicyclic) bond motifs is 1. The average Bonchev–Trinajstić information content (AvgIpc) is 2.98. The Kier molecular flexibility index (Phi) is 4.33. The minimum Gasteiger partial charge on any atom is -0.326 e. The SMILES string of the molecule is CCN(c1cccc(C)c1)c1ccnc(N2c3ccccc3CC2C)n1. The van der Waals surface area contributed by atoms with Crippen molar-refractivity contribution in [3.05, 3.63) is 71.9 Å². The van der Waals surface area contributed by atoms with Crippen molar-refractivity contribution in [3.8, 4) is 0 Å². The van der Waals surface area contributed by atoms with Crippen molar-refractivity contribution in [1.29, 1.82) is 0 Å². The second-order valence-electron chi connectivity index (χ2n) is 6.85. The molecule has 4 rings (SSSR count). The zero-order valence-electron chi connectivity index (χ0n) is 15.6. The Bertz CT molecular complexity index is 921. The van der Waals surface area contributed by atoms with E-state index < -0.39 is 0 Å². The van der Waals surface area contributed by atoms with Crippen molar-refractivity contribution >= 4 is 23.1 Å². The van der Waals surface area contributed by atoms with E-state index in [4.69, 9.17) is 4.98 Å². The highest BCUT2D eigenvalue weighted by Gasteiger charge is 2.29. The monoisotopic (exact) mass is 344 g/mol. The van der Waals surface area contributed by atoms with Gasteiger partial charge in [0, 0.05) is 30.2 Å². The molecule has 0 aliphatic carbocycles. The molecule has 1 atom stereocenters. The highest BCUT2D eigenvalue weighted by molar-refractivity contribution is 5.69. The number of hydrogen-bond acceptors (Lipinski definition) is 4. The smallest absolute Gasteiger partial charge is 0.232 e. The van der Waals surface area contributed by atoms with Crippen molar-refractivity contribution in [3.63, 3.8) is 0 Å². The lowest BCUT2D eigenvalue weighted by atomic mass is 10.1. The van der Waals surface area contributed by atoms with E-state index in [0.29, 0.717) is 6.04 Å². The van der Waals surface area contributed by atoms with Crippen LogP contribution in [0.2, 0.25) is 0 Å². The van der Waals surface area contributed by atoms with Gasteiger partial charge in [0.2, 0.25) is 5.95 Å². The molecule has 0 saturated carbocycles. The number of anilines is 4. The molecule has 2 heterocycles. The summed E-state index contributed by atoms with van der Waals surface area (Å²) in [7, 11) is 0. The molecule has 1 aliphatic heterocycles. The van der Waals surface area contributed by atoms with E-state index in [2.05, 4.69) is 84.1 Å². The van der Waals surface area contributed by atoms with Gasteiger partial charge in [0.1, 0.15) is 5.82 Å². The first kappa shape index (κ1) is 16.6. The maximum Gasteiger partial charge on any atom is 0.232 e. The minimum atomic E-state index is 0.358. The lowest BCUT2D eigenvalue weighted by Gasteiger charge is -2.26. The Hall–Kier alpha value is -2.88. The van der Waals surface area contributed by atoms with E-state index in [9.17, 15) is 0 Å². The number of aromatic nitrogens is 2. The third-order valence-corrected chi connectivity index (χ3v) is 4.96. The van der Waals surface area contributed by atoms with Gasteiger partial charge in [-0.15, -0.1) is 0 Å². The molecule has 1 unspecified atom stereocenters. The third kappa shape index (κ3) is 2.92. The van der Waals surface area contributed by atoms with E-state index in [1.807, 2.05) is 12.3 Å². The maximum absolute atomic E-state index is 4.92. The van der Waals surface area contributed by atoms with E-state index >= 15 is 0 Å². The summed E-state index contributed by atoms with van der Waals surface area (Å²) in [5.74, 6) is 1.70. The Labute approximate surface area is 155 Å². The molecule has 0 fully saturated rings. The Morgan fingerprint density at radius 1 is 1.12 bits per heavy atom. The van der Waals surface area contributed by atoms with Gasteiger partial charge in [0.05, 0.1) is 0 Å². The summed E-state index contributed by atoms with van der Waals surface area (Å²) in [5, 5.41) is 0. The molecular formula is C22H24N4. The summed E-state index contributed by atoms with van der Waals surface area (Å²) < 4.78 is 0. The van der Waals surface area contributed by atoms with Crippen LogP contribution in [0.25, 0.3) is 0 Å². The molecule has 26 heavy (non-hydrogen) atoms. The summed E-state index contributed by atoms with van der Waals surface area (Å²) in [6, 6.07) is 19.4. The van der Waals surface area contributed by atoms with Gasteiger partial charge in [-0.25, -0.2) is 4.98 Å². The number of nitrogens with zero attached hydrogens (tertiary/aromatic N) is 4. The molecule has 3 aromatic rings. The highest BCUT2D eigenvalue weighted by atomic mass is 15.3. The Balaban J connectivity index is 1.73. The molecule has 4 nitrogen and oxygen atoms in total. The lowest BCUT2D eigenvalue weighted by Crippen LogP contribution is -2.27. The molecule has 0 radical (unpaired) electrons. The van der Waals surface area contributed by atoms with Crippen LogP contribution in [-0.4, -0.2) is 22.6 Å². The van der Waals surface area contributed by atoms with Crippen molar-refractivity contribution in [1.82, 2.24) is 9.97 Å². The highest BCUT2D eigenvalue weighted by Crippen LogP contribution is 2.37. The van der Waals surface area contributed by atoms with Crippen LogP contribution in [0, 0.1) is 6.92 Å². The minimum absolute atomic E-state index is 0.358. The van der Waals surface area contributed by atoms with E-state index in [1.165, 1.54) is 16.8 Å². The van der Waals surface area contributed by atoms with Crippen LogP contribution in [0.15, 0.2) is 60.8 Å². The summed E-state index contributed by atoms with van der Waals surface area (Å²) in [5.41, 5.74) is 4.99. The fourth-order valence-electron chi connectivity index (χ4n) is 3.75. The topological polar surface area (TPSA) is 32.3 Å². The predicted octanol–water partition coefficient (Wildman–Crippen LogP) is 5.03. The van der Waals surface area contributed by atoms with Crippen molar-refractivity contribution < 1.29 is 0 Å². The number of aryl methyl sites for hydroxylation is 1. The molecule has 1 aliphatic rings. The summed E-state index contributed by atoms with van der Waals surface area (Å²) in [4.78, 5) is 14.0. The zero-order chi connectivity index (χ0) is 18.1. The maximum atomic E-state index is 4.92. The van der Waals surface area contributed by atoms with Crippen LogP contribution in [0.4, 0.5) is 23.1 Å². The molecule has 132 valence electrons. The number of benzene rings is 2. The fourth-order valence-corrected chi connectivity index (χ4v) is 3.75. The van der Waals surface area contributed by atoms with Crippen LogP contribution in [0.3, 0.4) is 0 Å². The molecule has 4 heteroatoms. The first-order valence-corrected chi connectivity index (χ1v) is 9.21.